The van der Waals surface area contributed by atoms with Gasteiger partial charge in [0.1, 0.15) is 5.76 Å². The van der Waals surface area contributed by atoms with Crippen LogP contribution in [0.5, 0.6) is 0 Å². The van der Waals surface area contributed by atoms with Crippen LogP contribution in [0.4, 0.5) is 0 Å². The summed E-state index contributed by atoms with van der Waals surface area (Å²) in [6, 6.07) is 1.73. The van der Waals surface area contributed by atoms with Gasteiger partial charge in [0.05, 0.1) is 29.6 Å². The van der Waals surface area contributed by atoms with Gasteiger partial charge in [-0.25, -0.2) is 0 Å². The van der Waals surface area contributed by atoms with Gasteiger partial charge in [-0.1, -0.05) is 6.92 Å². The van der Waals surface area contributed by atoms with Crippen molar-refractivity contribution in [3.05, 3.63) is 23.7 Å². The van der Waals surface area contributed by atoms with E-state index in [4.69, 9.17) is 9.15 Å². The van der Waals surface area contributed by atoms with E-state index in [1.165, 1.54) is 0 Å². The zero-order chi connectivity index (χ0) is 15.8. The molecule has 3 heterocycles. The van der Waals surface area contributed by atoms with E-state index in [1.807, 2.05) is 18.7 Å². The Hall–Kier alpha value is -1.33. The Labute approximate surface area is 131 Å². The van der Waals surface area contributed by atoms with Crippen LogP contribution in [0.15, 0.2) is 16.7 Å². The second kappa shape index (κ2) is 5.70. The molecule has 0 aliphatic carbocycles. The maximum absolute atomic E-state index is 12.5. The molecule has 3 rings (SSSR count). The molecule has 5 nitrogen and oxygen atoms in total. The Morgan fingerprint density at radius 3 is 2.68 bits per heavy atom. The zero-order valence-corrected chi connectivity index (χ0v) is 13.4. The molecule has 2 saturated heterocycles. The molecular formula is C17H25NO4. The normalized spacial score (nSPS) is 28.0. The maximum atomic E-state index is 12.5. The molecule has 122 valence electrons. The number of carbonyl (C=O) groups excluding carboxylic acids is 1. The summed E-state index contributed by atoms with van der Waals surface area (Å²) in [6.45, 7) is 5.79. The Morgan fingerprint density at radius 2 is 2.09 bits per heavy atom. The topological polar surface area (TPSA) is 62.9 Å². The number of amides is 1. The van der Waals surface area contributed by atoms with E-state index in [0.29, 0.717) is 43.9 Å². The number of aliphatic hydroxyl groups is 1. The third kappa shape index (κ3) is 2.79. The SMILES string of the molecule is CCC1(O)CCOC2(CCN(C(=O)c3ccoc3C)CC2)C1. The average Bonchev–Trinajstić information content (AvgIpc) is 2.93. The van der Waals surface area contributed by atoms with Crippen molar-refractivity contribution in [3.63, 3.8) is 0 Å². The van der Waals surface area contributed by atoms with Gasteiger partial charge in [0.25, 0.3) is 5.91 Å². The van der Waals surface area contributed by atoms with Crippen molar-refractivity contribution in [2.75, 3.05) is 19.7 Å². The minimum absolute atomic E-state index is 0.0302. The van der Waals surface area contributed by atoms with Gasteiger partial charge in [0.15, 0.2) is 0 Å². The number of likely N-dealkylation sites (tertiary alicyclic amines) is 1. The molecule has 0 radical (unpaired) electrons. The van der Waals surface area contributed by atoms with Crippen molar-refractivity contribution in [2.45, 2.75) is 57.2 Å². The van der Waals surface area contributed by atoms with Crippen LogP contribution in [0.3, 0.4) is 0 Å². The molecule has 1 aromatic heterocycles. The molecule has 2 fully saturated rings. The van der Waals surface area contributed by atoms with Gasteiger partial charge in [0.2, 0.25) is 0 Å². The lowest BCUT2D eigenvalue weighted by Crippen LogP contribution is -2.55. The molecule has 22 heavy (non-hydrogen) atoms. The molecule has 1 unspecified atom stereocenters. The fourth-order valence-electron chi connectivity index (χ4n) is 3.71. The van der Waals surface area contributed by atoms with Crippen LogP contribution in [0.1, 0.15) is 55.1 Å². The van der Waals surface area contributed by atoms with Crippen molar-refractivity contribution in [2.24, 2.45) is 0 Å². The fourth-order valence-corrected chi connectivity index (χ4v) is 3.71. The van der Waals surface area contributed by atoms with Crippen LogP contribution in [0, 0.1) is 6.92 Å². The van der Waals surface area contributed by atoms with Crippen LogP contribution in [0.25, 0.3) is 0 Å². The second-order valence-electron chi connectivity index (χ2n) is 6.72. The van der Waals surface area contributed by atoms with Crippen molar-refractivity contribution in [1.29, 1.82) is 0 Å². The predicted octanol–water partition coefficient (Wildman–Crippen LogP) is 2.51. The smallest absolute Gasteiger partial charge is 0.257 e. The number of rotatable bonds is 2. The molecule has 1 spiro atoms. The first-order valence-corrected chi connectivity index (χ1v) is 8.17. The molecule has 2 aliphatic rings. The molecule has 0 saturated carbocycles. The molecule has 0 aromatic carbocycles. The highest BCUT2D eigenvalue weighted by Crippen LogP contribution is 2.41. The van der Waals surface area contributed by atoms with Gasteiger partial charge in [-0.05, 0) is 38.7 Å². The highest BCUT2D eigenvalue weighted by Gasteiger charge is 2.46. The fraction of sp³-hybridized carbons (Fsp3) is 0.706. The second-order valence-corrected chi connectivity index (χ2v) is 6.72. The molecular weight excluding hydrogens is 282 g/mol. The summed E-state index contributed by atoms with van der Waals surface area (Å²) < 4.78 is 11.3. The third-order valence-corrected chi connectivity index (χ3v) is 5.34. The number of ether oxygens (including phenoxy) is 1. The van der Waals surface area contributed by atoms with Gasteiger partial charge in [-0.15, -0.1) is 0 Å². The van der Waals surface area contributed by atoms with Gasteiger partial charge in [-0.3, -0.25) is 4.79 Å². The highest BCUT2D eigenvalue weighted by atomic mass is 16.5. The molecule has 0 bridgehead atoms. The lowest BCUT2D eigenvalue weighted by molar-refractivity contribution is -0.176. The summed E-state index contributed by atoms with van der Waals surface area (Å²) in [5, 5.41) is 10.6. The van der Waals surface area contributed by atoms with Crippen LogP contribution in [-0.4, -0.2) is 46.8 Å². The first-order chi connectivity index (χ1) is 10.5. The maximum Gasteiger partial charge on any atom is 0.257 e. The minimum atomic E-state index is -0.606. The summed E-state index contributed by atoms with van der Waals surface area (Å²) in [5.74, 6) is 0.697. The minimum Gasteiger partial charge on any atom is -0.469 e. The van der Waals surface area contributed by atoms with Crippen LogP contribution in [0.2, 0.25) is 0 Å². The summed E-state index contributed by atoms with van der Waals surface area (Å²) in [6.07, 6.45) is 5.29. The van der Waals surface area contributed by atoms with Gasteiger partial charge < -0.3 is 19.2 Å². The van der Waals surface area contributed by atoms with E-state index in [0.717, 1.165) is 19.3 Å². The predicted molar refractivity (Wildman–Crippen MR) is 81.7 cm³/mol. The number of hydrogen-bond donors (Lipinski definition) is 1. The number of furan rings is 1. The van der Waals surface area contributed by atoms with E-state index < -0.39 is 5.60 Å². The third-order valence-electron chi connectivity index (χ3n) is 5.34. The largest absolute Gasteiger partial charge is 0.469 e. The summed E-state index contributed by atoms with van der Waals surface area (Å²) in [4.78, 5) is 14.4. The first kappa shape index (κ1) is 15.6. The monoisotopic (exact) mass is 307 g/mol. The number of hydrogen-bond acceptors (Lipinski definition) is 4. The van der Waals surface area contributed by atoms with E-state index in [2.05, 4.69) is 0 Å². The van der Waals surface area contributed by atoms with Crippen molar-refractivity contribution in [3.8, 4) is 0 Å². The Balaban J connectivity index is 1.65. The Bertz CT molecular complexity index is 545. The van der Waals surface area contributed by atoms with Crippen molar-refractivity contribution in [1.82, 2.24) is 4.90 Å². The molecule has 5 heteroatoms. The molecule has 1 amide bonds. The van der Waals surface area contributed by atoms with Gasteiger partial charge in [0, 0.05) is 19.5 Å². The number of aryl methyl sites for hydroxylation is 1. The molecule has 2 aliphatic heterocycles. The lowest BCUT2D eigenvalue weighted by Gasteiger charge is -2.49. The van der Waals surface area contributed by atoms with E-state index in [-0.39, 0.29) is 11.5 Å². The number of piperidine rings is 1. The molecule has 1 N–H and O–H groups in total. The standard InChI is InChI=1S/C17H25NO4/c1-3-16(20)7-11-22-17(12-16)5-8-18(9-6-17)15(19)14-4-10-21-13(14)2/h4,10,20H,3,5-9,11-12H2,1-2H3. The van der Waals surface area contributed by atoms with Crippen LogP contribution < -0.4 is 0 Å². The van der Waals surface area contributed by atoms with Crippen LogP contribution in [-0.2, 0) is 4.74 Å². The van der Waals surface area contributed by atoms with E-state index >= 15 is 0 Å². The van der Waals surface area contributed by atoms with Crippen molar-refractivity contribution < 1.29 is 19.1 Å². The summed E-state index contributed by atoms with van der Waals surface area (Å²) >= 11 is 0. The number of nitrogens with zero attached hydrogens (tertiary/aromatic N) is 1. The summed E-state index contributed by atoms with van der Waals surface area (Å²) in [7, 11) is 0. The lowest BCUT2D eigenvalue weighted by atomic mass is 9.76. The summed E-state index contributed by atoms with van der Waals surface area (Å²) in [5.41, 5.74) is -0.220. The molecule has 1 atom stereocenters. The zero-order valence-electron chi connectivity index (χ0n) is 13.4. The first-order valence-electron chi connectivity index (χ1n) is 8.17. The van der Waals surface area contributed by atoms with E-state index in [9.17, 15) is 9.90 Å². The van der Waals surface area contributed by atoms with Crippen molar-refractivity contribution >= 4 is 5.91 Å². The van der Waals surface area contributed by atoms with E-state index in [1.54, 1.807) is 12.3 Å². The Morgan fingerprint density at radius 1 is 1.36 bits per heavy atom. The highest BCUT2D eigenvalue weighted by molar-refractivity contribution is 5.95. The van der Waals surface area contributed by atoms with Crippen LogP contribution >= 0.6 is 0 Å². The average molecular weight is 307 g/mol. The van der Waals surface area contributed by atoms with Gasteiger partial charge in [-0.2, -0.15) is 0 Å². The van der Waals surface area contributed by atoms with Gasteiger partial charge >= 0.3 is 0 Å². The number of carbonyl (C=O) groups is 1. The Kier molecular flexibility index (Phi) is 4.03. The quantitative estimate of drug-likeness (QED) is 0.912. The molecule has 1 aromatic rings.